The Balaban J connectivity index is 2.96. The molecular weight excluding hydrogens is 265 g/mol. The van der Waals surface area contributed by atoms with Crippen LogP contribution in [-0.2, 0) is 4.79 Å². The van der Waals surface area contributed by atoms with Gasteiger partial charge in [-0.2, -0.15) is 0 Å². The number of carbonyl (C=O) groups excluding carboxylic acids is 1. The third-order valence-electron chi connectivity index (χ3n) is 1.97. The fourth-order valence-electron chi connectivity index (χ4n) is 1.04. The van der Waals surface area contributed by atoms with Gasteiger partial charge in [0.1, 0.15) is 5.38 Å². The summed E-state index contributed by atoms with van der Waals surface area (Å²) in [7, 11) is 1.57. The molecule has 4 heteroatoms. The van der Waals surface area contributed by atoms with Crippen molar-refractivity contribution in [2.45, 2.75) is 12.3 Å². The van der Waals surface area contributed by atoms with Gasteiger partial charge in [0.2, 0.25) is 5.91 Å². The third-order valence-corrected chi connectivity index (χ3v) is 3.27. The molecule has 1 atom stereocenters. The van der Waals surface area contributed by atoms with E-state index in [0.29, 0.717) is 0 Å². The standard InChI is InChI=1S/C10H11BrClNO/c1-6-3-4-7(5-8(6)11)9(12)10(14)13-2/h3-5,9H,1-2H3,(H,13,14). The zero-order valence-corrected chi connectivity index (χ0v) is 10.3. The van der Waals surface area contributed by atoms with Crippen LogP contribution in [0.5, 0.6) is 0 Å². The molecule has 14 heavy (non-hydrogen) atoms. The molecule has 0 spiro atoms. The van der Waals surface area contributed by atoms with Gasteiger partial charge < -0.3 is 5.32 Å². The number of halogens is 2. The second-order valence-electron chi connectivity index (χ2n) is 2.99. The van der Waals surface area contributed by atoms with E-state index in [1.165, 1.54) is 0 Å². The minimum Gasteiger partial charge on any atom is -0.358 e. The molecule has 0 aliphatic rings. The van der Waals surface area contributed by atoms with Crippen LogP contribution in [0.2, 0.25) is 0 Å². The van der Waals surface area contributed by atoms with Gasteiger partial charge in [0.15, 0.2) is 0 Å². The van der Waals surface area contributed by atoms with E-state index in [0.717, 1.165) is 15.6 Å². The van der Waals surface area contributed by atoms with E-state index < -0.39 is 5.38 Å². The van der Waals surface area contributed by atoms with E-state index in [9.17, 15) is 4.79 Å². The van der Waals surface area contributed by atoms with E-state index in [1.807, 2.05) is 25.1 Å². The molecular formula is C10H11BrClNO. The van der Waals surface area contributed by atoms with Gasteiger partial charge in [-0.1, -0.05) is 28.1 Å². The molecule has 76 valence electrons. The van der Waals surface area contributed by atoms with E-state index >= 15 is 0 Å². The van der Waals surface area contributed by atoms with Gasteiger partial charge in [0.25, 0.3) is 0 Å². The Morgan fingerprint density at radius 1 is 1.57 bits per heavy atom. The fraction of sp³-hybridized carbons (Fsp3) is 0.300. The van der Waals surface area contributed by atoms with Crippen LogP contribution in [0.4, 0.5) is 0 Å². The van der Waals surface area contributed by atoms with Gasteiger partial charge in [-0.05, 0) is 24.1 Å². The van der Waals surface area contributed by atoms with Crippen molar-refractivity contribution in [1.82, 2.24) is 5.32 Å². The lowest BCUT2D eigenvalue weighted by atomic mass is 10.1. The lowest BCUT2D eigenvalue weighted by Gasteiger charge is -2.09. The Morgan fingerprint density at radius 2 is 2.21 bits per heavy atom. The monoisotopic (exact) mass is 275 g/mol. The highest BCUT2D eigenvalue weighted by molar-refractivity contribution is 9.10. The summed E-state index contributed by atoms with van der Waals surface area (Å²) in [6.45, 7) is 1.98. The van der Waals surface area contributed by atoms with Crippen LogP contribution in [0.25, 0.3) is 0 Å². The van der Waals surface area contributed by atoms with Gasteiger partial charge in [-0.15, -0.1) is 11.6 Å². The van der Waals surface area contributed by atoms with Gasteiger partial charge >= 0.3 is 0 Å². The number of rotatable bonds is 2. The molecule has 1 aromatic rings. The number of nitrogens with one attached hydrogen (secondary N) is 1. The molecule has 0 heterocycles. The zero-order valence-electron chi connectivity index (χ0n) is 7.97. The third kappa shape index (κ3) is 2.49. The van der Waals surface area contributed by atoms with Gasteiger partial charge in [-0.3, -0.25) is 4.79 Å². The number of likely N-dealkylation sites (N-methyl/N-ethyl adjacent to an activating group) is 1. The molecule has 0 aromatic heterocycles. The minimum absolute atomic E-state index is 0.192. The van der Waals surface area contributed by atoms with Crippen molar-refractivity contribution in [1.29, 1.82) is 0 Å². The molecule has 1 unspecified atom stereocenters. The fourth-order valence-corrected chi connectivity index (χ4v) is 1.69. The number of hydrogen-bond donors (Lipinski definition) is 1. The van der Waals surface area contributed by atoms with Crippen molar-refractivity contribution < 1.29 is 4.79 Å². The SMILES string of the molecule is CNC(=O)C(Cl)c1ccc(C)c(Br)c1. The number of hydrogen-bond acceptors (Lipinski definition) is 1. The van der Waals surface area contributed by atoms with Gasteiger partial charge in [-0.25, -0.2) is 0 Å². The Kier molecular flexibility index (Phi) is 3.96. The van der Waals surface area contributed by atoms with Crippen LogP contribution < -0.4 is 5.32 Å². The van der Waals surface area contributed by atoms with Crippen LogP contribution in [0.3, 0.4) is 0 Å². The summed E-state index contributed by atoms with van der Waals surface area (Å²) in [5.74, 6) is -0.192. The number of alkyl halides is 1. The molecule has 0 aliphatic carbocycles. The summed E-state index contributed by atoms with van der Waals surface area (Å²) >= 11 is 9.34. The highest BCUT2D eigenvalue weighted by Gasteiger charge is 2.16. The van der Waals surface area contributed by atoms with Gasteiger partial charge in [0.05, 0.1) is 0 Å². The first-order valence-electron chi connectivity index (χ1n) is 4.18. The smallest absolute Gasteiger partial charge is 0.242 e. The summed E-state index contributed by atoms with van der Waals surface area (Å²) in [4.78, 5) is 11.3. The predicted octanol–water partition coefficient (Wildman–Crippen LogP) is 2.78. The van der Waals surface area contributed by atoms with Gasteiger partial charge in [0, 0.05) is 11.5 Å². The molecule has 0 aliphatic heterocycles. The summed E-state index contributed by atoms with van der Waals surface area (Å²) in [6, 6.07) is 5.65. The largest absolute Gasteiger partial charge is 0.358 e. The van der Waals surface area contributed by atoms with Crippen molar-refractivity contribution in [3.63, 3.8) is 0 Å². The first kappa shape index (κ1) is 11.5. The van der Waals surface area contributed by atoms with Crippen molar-refractivity contribution >= 4 is 33.4 Å². The number of benzene rings is 1. The first-order valence-corrected chi connectivity index (χ1v) is 5.41. The molecule has 1 aromatic carbocycles. The second-order valence-corrected chi connectivity index (χ2v) is 4.28. The van der Waals surface area contributed by atoms with Crippen LogP contribution in [0, 0.1) is 6.92 Å². The Bertz CT molecular complexity index is 354. The molecule has 1 rings (SSSR count). The van der Waals surface area contributed by atoms with Crippen molar-refractivity contribution in [3.8, 4) is 0 Å². The molecule has 0 bridgehead atoms. The Labute approximate surface area is 96.8 Å². The Morgan fingerprint density at radius 3 is 2.71 bits per heavy atom. The summed E-state index contributed by atoms with van der Waals surface area (Å²) in [6.07, 6.45) is 0. The van der Waals surface area contributed by atoms with Crippen molar-refractivity contribution in [2.24, 2.45) is 0 Å². The molecule has 0 saturated carbocycles. The van der Waals surface area contributed by atoms with Crippen LogP contribution >= 0.6 is 27.5 Å². The van der Waals surface area contributed by atoms with Crippen LogP contribution in [0.15, 0.2) is 22.7 Å². The molecule has 0 saturated heterocycles. The van der Waals surface area contributed by atoms with Crippen molar-refractivity contribution in [2.75, 3.05) is 7.05 Å². The maximum Gasteiger partial charge on any atom is 0.242 e. The van der Waals surface area contributed by atoms with Crippen molar-refractivity contribution in [3.05, 3.63) is 33.8 Å². The summed E-state index contributed by atoms with van der Waals surface area (Å²) < 4.78 is 0.963. The Hall–Kier alpha value is -0.540. The lowest BCUT2D eigenvalue weighted by molar-refractivity contribution is -0.120. The molecule has 0 radical (unpaired) electrons. The van der Waals surface area contributed by atoms with E-state index in [1.54, 1.807) is 7.05 Å². The lowest BCUT2D eigenvalue weighted by Crippen LogP contribution is -2.22. The zero-order chi connectivity index (χ0) is 10.7. The second kappa shape index (κ2) is 4.80. The summed E-state index contributed by atoms with van der Waals surface area (Å²) in [5, 5.41) is 1.88. The number of carbonyl (C=O) groups is 1. The topological polar surface area (TPSA) is 29.1 Å². The van der Waals surface area contributed by atoms with Crippen LogP contribution in [-0.4, -0.2) is 13.0 Å². The van der Waals surface area contributed by atoms with E-state index in [-0.39, 0.29) is 5.91 Å². The number of aryl methyl sites for hydroxylation is 1. The van der Waals surface area contributed by atoms with E-state index in [4.69, 9.17) is 11.6 Å². The number of amides is 1. The molecule has 2 nitrogen and oxygen atoms in total. The van der Waals surface area contributed by atoms with Crippen LogP contribution in [0.1, 0.15) is 16.5 Å². The molecule has 1 amide bonds. The maximum atomic E-state index is 11.3. The minimum atomic E-state index is -0.628. The summed E-state index contributed by atoms with van der Waals surface area (Å²) in [5.41, 5.74) is 1.91. The normalized spacial score (nSPS) is 12.3. The average molecular weight is 277 g/mol. The highest BCUT2D eigenvalue weighted by atomic mass is 79.9. The highest BCUT2D eigenvalue weighted by Crippen LogP contribution is 2.25. The molecule has 0 fully saturated rings. The predicted molar refractivity (Wildman–Crippen MR) is 61.5 cm³/mol. The quantitative estimate of drug-likeness (QED) is 0.827. The first-order chi connectivity index (χ1) is 6.56. The van der Waals surface area contributed by atoms with E-state index in [2.05, 4.69) is 21.2 Å². The average Bonchev–Trinajstić information content (AvgIpc) is 2.20. The maximum absolute atomic E-state index is 11.3. The molecule has 1 N–H and O–H groups in total.